The standard InChI is InChI=1S/C10H18N2O/c1-9(6-11)7-12-4-5-13-8-10(12,2)3/h9H,4-5,7-8H2,1-3H3. The molecular formula is C10H18N2O. The van der Waals surface area contributed by atoms with E-state index in [1.54, 1.807) is 0 Å². The Morgan fingerprint density at radius 3 is 2.85 bits per heavy atom. The van der Waals surface area contributed by atoms with E-state index < -0.39 is 0 Å². The fourth-order valence-electron chi connectivity index (χ4n) is 1.60. The van der Waals surface area contributed by atoms with Crippen molar-refractivity contribution in [2.24, 2.45) is 5.92 Å². The van der Waals surface area contributed by atoms with Crippen LogP contribution in [0.4, 0.5) is 0 Å². The molecule has 1 aliphatic rings. The lowest BCUT2D eigenvalue weighted by Crippen LogP contribution is -2.54. The van der Waals surface area contributed by atoms with Gasteiger partial charge in [0.15, 0.2) is 0 Å². The molecule has 3 heteroatoms. The van der Waals surface area contributed by atoms with E-state index in [-0.39, 0.29) is 11.5 Å². The van der Waals surface area contributed by atoms with Gasteiger partial charge >= 0.3 is 0 Å². The first-order valence-corrected chi connectivity index (χ1v) is 4.78. The zero-order chi connectivity index (χ0) is 9.90. The van der Waals surface area contributed by atoms with Gasteiger partial charge in [0.05, 0.1) is 25.2 Å². The molecule has 74 valence electrons. The summed E-state index contributed by atoms with van der Waals surface area (Å²) in [6.07, 6.45) is 0. The minimum atomic E-state index is 0.0867. The summed E-state index contributed by atoms with van der Waals surface area (Å²) in [6, 6.07) is 2.27. The summed E-state index contributed by atoms with van der Waals surface area (Å²) in [5.74, 6) is 0.109. The first-order valence-electron chi connectivity index (χ1n) is 4.78. The minimum absolute atomic E-state index is 0.0867. The third-order valence-corrected chi connectivity index (χ3v) is 2.53. The average Bonchev–Trinajstić information content (AvgIpc) is 2.08. The molecule has 1 saturated heterocycles. The fourth-order valence-corrected chi connectivity index (χ4v) is 1.60. The molecule has 0 saturated carbocycles. The lowest BCUT2D eigenvalue weighted by molar-refractivity contribution is -0.0537. The Bertz CT molecular complexity index is 207. The van der Waals surface area contributed by atoms with Gasteiger partial charge in [-0.25, -0.2) is 0 Å². The van der Waals surface area contributed by atoms with Crippen molar-refractivity contribution >= 4 is 0 Å². The Labute approximate surface area is 80.3 Å². The zero-order valence-corrected chi connectivity index (χ0v) is 8.71. The topological polar surface area (TPSA) is 36.3 Å². The summed E-state index contributed by atoms with van der Waals surface area (Å²) in [4.78, 5) is 2.34. The van der Waals surface area contributed by atoms with Crippen molar-refractivity contribution in [1.82, 2.24) is 4.90 Å². The van der Waals surface area contributed by atoms with Crippen molar-refractivity contribution < 1.29 is 4.74 Å². The van der Waals surface area contributed by atoms with E-state index in [0.717, 1.165) is 26.3 Å². The van der Waals surface area contributed by atoms with Crippen molar-refractivity contribution in [1.29, 1.82) is 5.26 Å². The normalized spacial score (nSPS) is 25.1. The van der Waals surface area contributed by atoms with Crippen LogP contribution in [0, 0.1) is 17.2 Å². The first-order chi connectivity index (χ1) is 6.06. The summed E-state index contributed by atoms with van der Waals surface area (Å²) >= 11 is 0. The van der Waals surface area contributed by atoms with Gasteiger partial charge in [-0.15, -0.1) is 0 Å². The van der Waals surface area contributed by atoms with Gasteiger partial charge in [0.25, 0.3) is 0 Å². The summed E-state index contributed by atoms with van der Waals surface area (Å²) in [7, 11) is 0. The number of morpholine rings is 1. The molecule has 0 aromatic heterocycles. The molecular weight excluding hydrogens is 164 g/mol. The van der Waals surface area contributed by atoms with Crippen LogP contribution in [-0.2, 0) is 4.74 Å². The highest BCUT2D eigenvalue weighted by atomic mass is 16.5. The summed E-state index contributed by atoms with van der Waals surface area (Å²) in [5, 5.41) is 8.73. The van der Waals surface area contributed by atoms with Crippen molar-refractivity contribution in [2.75, 3.05) is 26.3 Å². The van der Waals surface area contributed by atoms with Crippen LogP contribution in [0.5, 0.6) is 0 Å². The maximum absolute atomic E-state index is 8.73. The molecule has 0 spiro atoms. The molecule has 0 aromatic carbocycles. The van der Waals surface area contributed by atoms with Crippen LogP contribution in [0.25, 0.3) is 0 Å². The quantitative estimate of drug-likeness (QED) is 0.645. The Hall–Kier alpha value is -0.590. The van der Waals surface area contributed by atoms with Gasteiger partial charge in [-0.3, -0.25) is 4.90 Å². The van der Waals surface area contributed by atoms with Crippen LogP contribution in [0.3, 0.4) is 0 Å². The molecule has 1 heterocycles. The molecule has 1 rings (SSSR count). The van der Waals surface area contributed by atoms with Crippen LogP contribution in [0.15, 0.2) is 0 Å². The lowest BCUT2D eigenvalue weighted by Gasteiger charge is -2.42. The van der Waals surface area contributed by atoms with Gasteiger partial charge < -0.3 is 4.74 Å². The summed E-state index contributed by atoms with van der Waals surface area (Å²) in [5.41, 5.74) is 0.0867. The van der Waals surface area contributed by atoms with E-state index in [1.807, 2.05) is 6.92 Å². The van der Waals surface area contributed by atoms with E-state index >= 15 is 0 Å². The number of hydrogen-bond acceptors (Lipinski definition) is 3. The van der Waals surface area contributed by atoms with Crippen molar-refractivity contribution in [2.45, 2.75) is 26.3 Å². The Morgan fingerprint density at radius 2 is 2.31 bits per heavy atom. The van der Waals surface area contributed by atoms with Gasteiger partial charge in [0.1, 0.15) is 0 Å². The van der Waals surface area contributed by atoms with Gasteiger partial charge in [0, 0.05) is 18.6 Å². The molecule has 13 heavy (non-hydrogen) atoms. The summed E-state index contributed by atoms with van der Waals surface area (Å²) < 4.78 is 5.41. The molecule has 0 aromatic rings. The molecule has 0 bridgehead atoms. The second-order valence-electron chi connectivity index (χ2n) is 4.34. The van der Waals surface area contributed by atoms with Crippen molar-refractivity contribution in [3.05, 3.63) is 0 Å². The lowest BCUT2D eigenvalue weighted by atomic mass is 10.0. The average molecular weight is 182 g/mol. The van der Waals surface area contributed by atoms with Gasteiger partial charge in [-0.2, -0.15) is 5.26 Å². The van der Waals surface area contributed by atoms with Crippen LogP contribution in [-0.4, -0.2) is 36.7 Å². The number of nitrogens with zero attached hydrogens (tertiary/aromatic N) is 2. The molecule has 3 nitrogen and oxygen atoms in total. The number of ether oxygens (including phenoxy) is 1. The zero-order valence-electron chi connectivity index (χ0n) is 8.71. The first kappa shape index (κ1) is 10.5. The third kappa shape index (κ3) is 2.68. The molecule has 0 radical (unpaired) electrons. The predicted molar refractivity (Wildman–Crippen MR) is 51.2 cm³/mol. The van der Waals surface area contributed by atoms with E-state index in [1.165, 1.54) is 0 Å². The highest BCUT2D eigenvalue weighted by Crippen LogP contribution is 2.19. The number of rotatable bonds is 2. The smallest absolute Gasteiger partial charge is 0.0666 e. The maximum atomic E-state index is 8.73. The van der Waals surface area contributed by atoms with Crippen molar-refractivity contribution in [3.63, 3.8) is 0 Å². The fraction of sp³-hybridized carbons (Fsp3) is 0.900. The van der Waals surface area contributed by atoms with Gasteiger partial charge in [0.2, 0.25) is 0 Å². The SMILES string of the molecule is CC(C#N)CN1CCOCC1(C)C. The molecule has 1 atom stereocenters. The largest absolute Gasteiger partial charge is 0.378 e. The molecule has 1 unspecified atom stereocenters. The van der Waals surface area contributed by atoms with Crippen molar-refractivity contribution in [3.8, 4) is 6.07 Å². The van der Waals surface area contributed by atoms with E-state index in [0.29, 0.717) is 0 Å². The predicted octanol–water partition coefficient (Wildman–Crippen LogP) is 1.26. The molecule has 0 amide bonds. The van der Waals surface area contributed by atoms with Gasteiger partial charge in [-0.1, -0.05) is 0 Å². The minimum Gasteiger partial charge on any atom is -0.378 e. The van der Waals surface area contributed by atoms with E-state index in [9.17, 15) is 0 Å². The van der Waals surface area contributed by atoms with Crippen LogP contribution in [0.1, 0.15) is 20.8 Å². The van der Waals surface area contributed by atoms with Gasteiger partial charge in [-0.05, 0) is 20.8 Å². The van der Waals surface area contributed by atoms with Crippen LogP contribution >= 0.6 is 0 Å². The second-order valence-corrected chi connectivity index (χ2v) is 4.34. The third-order valence-electron chi connectivity index (χ3n) is 2.53. The van der Waals surface area contributed by atoms with Crippen LogP contribution in [0.2, 0.25) is 0 Å². The number of hydrogen-bond donors (Lipinski definition) is 0. The van der Waals surface area contributed by atoms with E-state index in [2.05, 4.69) is 24.8 Å². The number of nitriles is 1. The molecule has 1 fully saturated rings. The highest BCUT2D eigenvalue weighted by molar-refractivity contribution is 4.89. The molecule has 0 N–H and O–H groups in total. The molecule has 0 aliphatic carbocycles. The maximum Gasteiger partial charge on any atom is 0.0666 e. The summed E-state index contributed by atoms with van der Waals surface area (Å²) in [6.45, 7) is 9.65. The van der Waals surface area contributed by atoms with E-state index in [4.69, 9.17) is 10.00 Å². The monoisotopic (exact) mass is 182 g/mol. The Balaban J connectivity index is 2.52. The second kappa shape index (κ2) is 4.08. The van der Waals surface area contributed by atoms with Crippen LogP contribution < -0.4 is 0 Å². The highest BCUT2D eigenvalue weighted by Gasteiger charge is 2.30. The Kier molecular flexibility index (Phi) is 3.29. The molecule has 1 aliphatic heterocycles. The Morgan fingerprint density at radius 1 is 1.62 bits per heavy atom.